The zero-order valence-electron chi connectivity index (χ0n) is 14.3. The number of carbonyl (C=O) groups excluding carboxylic acids is 2. The number of nitrogens with zero attached hydrogens (tertiary/aromatic N) is 1. The van der Waals surface area contributed by atoms with E-state index in [1.807, 2.05) is 63.2 Å². The first-order valence-corrected chi connectivity index (χ1v) is 8.20. The van der Waals surface area contributed by atoms with Gasteiger partial charge in [0.1, 0.15) is 0 Å². The third kappa shape index (κ3) is 3.04. The summed E-state index contributed by atoms with van der Waals surface area (Å²) in [5, 5.41) is 3.01. The molecule has 1 saturated heterocycles. The standard InChI is InChI=1S/C20H22N2O2/c1-13-7-4-5-10-17(13)22-12-16(11-18(22)23)20(24)21-19-14(2)8-6-9-15(19)3/h4-10,16H,11-12H2,1-3H3,(H,21,24)/t16-/m0/s1. The molecule has 0 aromatic heterocycles. The van der Waals surface area contributed by atoms with Crippen LogP contribution in [0.1, 0.15) is 23.1 Å². The molecule has 0 bridgehead atoms. The fraction of sp³-hybridized carbons (Fsp3) is 0.300. The van der Waals surface area contributed by atoms with E-state index in [2.05, 4.69) is 5.32 Å². The Balaban J connectivity index is 1.76. The van der Waals surface area contributed by atoms with Crippen LogP contribution in [0, 0.1) is 26.7 Å². The lowest BCUT2D eigenvalue weighted by Gasteiger charge is -2.19. The van der Waals surface area contributed by atoms with E-state index in [4.69, 9.17) is 0 Å². The van der Waals surface area contributed by atoms with Crippen molar-refractivity contribution in [2.75, 3.05) is 16.8 Å². The number of nitrogens with one attached hydrogen (secondary N) is 1. The Hall–Kier alpha value is -2.62. The van der Waals surface area contributed by atoms with Gasteiger partial charge in [-0.3, -0.25) is 9.59 Å². The summed E-state index contributed by atoms with van der Waals surface area (Å²) < 4.78 is 0. The van der Waals surface area contributed by atoms with E-state index in [9.17, 15) is 9.59 Å². The van der Waals surface area contributed by atoms with Crippen LogP contribution in [-0.4, -0.2) is 18.4 Å². The van der Waals surface area contributed by atoms with Crippen LogP contribution >= 0.6 is 0 Å². The Morgan fingerprint density at radius 1 is 1.00 bits per heavy atom. The summed E-state index contributed by atoms with van der Waals surface area (Å²) in [5.74, 6) is -0.404. The summed E-state index contributed by atoms with van der Waals surface area (Å²) in [6.07, 6.45) is 0.255. The van der Waals surface area contributed by atoms with Crippen LogP contribution in [-0.2, 0) is 9.59 Å². The Morgan fingerprint density at radius 3 is 2.29 bits per heavy atom. The smallest absolute Gasteiger partial charge is 0.229 e. The second-order valence-corrected chi connectivity index (χ2v) is 6.45. The molecule has 0 radical (unpaired) electrons. The maximum Gasteiger partial charge on any atom is 0.229 e. The lowest BCUT2D eigenvalue weighted by atomic mass is 10.1. The van der Waals surface area contributed by atoms with Crippen molar-refractivity contribution in [2.45, 2.75) is 27.2 Å². The molecule has 2 amide bonds. The fourth-order valence-corrected chi connectivity index (χ4v) is 3.22. The number of anilines is 2. The first kappa shape index (κ1) is 16.2. The Bertz CT molecular complexity index is 778. The van der Waals surface area contributed by atoms with E-state index in [0.717, 1.165) is 28.1 Å². The van der Waals surface area contributed by atoms with Gasteiger partial charge in [0, 0.05) is 24.3 Å². The molecule has 2 aromatic rings. The molecule has 3 rings (SSSR count). The van der Waals surface area contributed by atoms with Crippen LogP contribution in [0.15, 0.2) is 42.5 Å². The first-order chi connectivity index (χ1) is 11.5. The minimum absolute atomic E-state index is 0.00551. The molecule has 4 heteroatoms. The number of hydrogen-bond donors (Lipinski definition) is 1. The second-order valence-electron chi connectivity index (χ2n) is 6.45. The molecule has 0 saturated carbocycles. The molecule has 124 valence electrons. The van der Waals surface area contributed by atoms with Gasteiger partial charge in [-0.1, -0.05) is 36.4 Å². The molecule has 1 aliphatic heterocycles. The average molecular weight is 322 g/mol. The lowest BCUT2D eigenvalue weighted by molar-refractivity contribution is -0.122. The van der Waals surface area contributed by atoms with Gasteiger partial charge in [0.25, 0.3) is 0 Å². The van der Waals surface area contributed by atoms with Crippen molar-refractivity contribution < 1.29 is 9.59 Å². The summed E-state index contributed by atoms with van der Waals surface area (Å²) in [5.41, 5.74) is 4.85. The monoisotopic (exact) mass is 322 g/mol. The lowest BCUT2D eigenvalue weighted by Crippen LogP contribution is -2.28. The number of aryl methyl sites for hydroxylation is 3. The van der Waals surface area contributed by atoms with E-state index < -0.39 is 0 Å². The maximum absolute atomic E-state index is 12.6. The summed E-state index contributed by atoms with van der Waals surface area (Å²) in [4.78, 5) is 26.7. The zero-order valence-corrected chi connectivity index (χ0v) is 14.3. The summed E-state index contributed by atoms with van der Waals surface area (Å²) in [7, 11) is 0. The number of hydrogen-bond acceptors (Lipinski definition) is 2. The van der Waals surface area contributed by atoms with Crippen LogP contribution in [0.2, 0.25) is 0 Å². The number of rotatable bonds is 3. The zero-order chi connectivity index (χ0) is 17.3. The summed E-state index contributed by atoms with van der Waals surface area (Å²) >= 11 is 0. The van der Waals surface area contributed by atoms with Crippen molar-refractivity contribution in [1.82, 2.24) is 0 Å². The molecule has 1 aliphatic rings. The molecule has 2 aromatic carbocycles. The van der Waals surface area contributed by atoms with Crippen LogP contribution in [0.25, 0.3) is 0 Å². The SMILES string of the molecule is Cc1ccccc1N1C[C@@H](C(=O)Nc2c(C)cccc2C)CC1=O. The Labute approximate surface area is 142 Å². The van der Waals surface area contributed by atoms with Crippen molar-refractivity contribution in [3.8, 4) is 0 Å². The Morgan fingerprint density at radius 2 is 1.62 bits per heavy atom. The molecule has 1 heterocycles. The van der Waals surface area contributed by atoms with Crippen LogP contribution in [0.3, 0.4) is 0 Å². The van der Waals surface area contributed by atoms with E-state index in [0.29, 0.717) is 6.54 Å². The van der Waals surface area contributed by atoms with Gasteiger partial charge in [-0.2, -0.15) is 0 Å². The van der Waals surface area contributed by atoms with Crippen molar-refractivity contribution in [3.63, 3.8) is 0 Å². The highest BCUT2D eigenvalue weighted by Gasteiger charge is 2.35. The van der Waals surface area contributed by atoms with Gasteiger partial charge >= 0.3 is 0 Å². The highest BCUT2D eigenvalue weighted by atomic mass is 16.2. The number of benzene rings is 2. The van der Waals surface area contributed by atoms with Crippen LogP contribution in [0.5, 0.6) is 0 Å². The highest BCUT2D eigenvalue weighted by Crippen LogP contribution is 2.29. The number of amides is 2. The third-order valence-corrected chi connectivity index (χ3v) is 4.63. The molecule has 24 heavy (non-hydrogen) atoms. The molecule has 0 aliphatic carbocycles. The molecule has 0 spiro atoms. The van der Waals surface area contributed by atoms with Crippen molar-refractivity contribution in [1.29, 1.82) is 0 Å². The normalized spacial score (nSPS) is 17.2. The minimum Gasteiger partial charge on any atom is -0.325 e. The second kappa shape index (κ2) is 6.48. The van der Waals surface area contributed by atoms with E-state index >= 15 is 0 Å². The third-order valence-electron chi connectivity index (χ3n) is 4.63. The molecule has 0 unspecified atom stereocenters. The predicted octanol–water partition coefficient (Wildman–Crippen LogP) is 3.60. The summed E-state index contributed by atoms with van der Waals surface area (Å²) in [6, 6.07) is 13.7. The maximum atomic E-state index is 12.6. The van der Waals surface area contributed by atoms with E-state index in [-0.39, 0.29) is 24.2 Å². The number of para-hydroxylation sites is 2. The topological polar surface area (TPSA) is 49.4 Å². The molecule has 1 atom stereocenters. The van der Waals surface area contributed by atoms with Crippen molar-refractivity contribution in [2.24, 2.45) is 5.92 Å². The molecule has 1 fully saturated rings. The van der Waals surface area contributed by atoms with Crippen LogP contribution in [0.4, 0.5) is 11.4 Å². The van der Waals surface area contributed by atoms with Gasteiger partial charge in [-0.25, -0.2) is 0 Å². The summed E-state index contributed by atoms with van der Waals surface area (Å²) in [6.45, 7) is 6.36. The average Bonchev–Trinajstić information content (AvgIpc) is 2.93. The van der Waals surface area contributed by atoms with E-state index in [1.54, 1.807) is 4.90 Å². The van der Waals surface area contributed by atoms with Gasteiger partial charge in [0.05, 0.1) is 5.92 Å². The highest BCUT2D eigenvalue weighted by molar-refractivity contribution is 6.04. The predicted molar refractivity (Wildman–Crippen MR) is 96.2 cm³/mol. The quantitative estimate of drug-likeness (QED) is 0.938. The molecule has 1 N–H and O–H groups in total. The Kier molecular flexibility index (Phi) is 4.38. The minimum atomic E-state index is -0.323. The van der Waals surface area contributed by atoms with Gasteiger partial charge < -0.3 is 10.2 Å². The van der Waals surface area contributed by atoms with Gasteiger partial charge in [0.2, 0.25) is 11.8 Å². The van der Waals surface area contributed by atoms with Gasteiger partial charge in [-0.05, 0) is 43.5 Å². The van der Waals surface area contributed by atoms with Gasteiger partial charge in [-0.15, -0.1) is 0 Å². The van der Waals surface area contributed by atoms with E-state index in [1.165, 1.54) is 0 Å². The largest absolute Gasteiger partial charge is 0.325 e. The number of carbonyl (C=O) groups is 2. The fourth-order valence-electron chi connectivity index (χ4n) is 3.22. The van der Waals surface area contributed by atoms with Crippen LogP contribution < -0.4 is 10.2 Å². The molecular weight excluding hydrogens is 300 g/mol. The molecule has 4 nitrogen and oxygen atoms in total. The van der Waals surface area contributed by atoms with Crippen molar-refractivity contribution in [3.05, 3.63) is 59.2 Å². The first-order valence-electron chi connectivity index (χ1n) is 8.20. The molecular formula is C20H22N2O2. The van der Waals surface area contributed by atoms with Gasteiger partial charge in [0.15, 0.2) is 0 Å². The van der Waals surface area contributed by atoms with Crippen molar-refractivity contribution >= 4 is 23.2 Å².